The lowest BCUT2D eigenvalue weighted by Crippen LogP contribution is -2.26. The lowest BCUT2D eigenvalue weighted by molar-refractivity contribution is 0.372. The second kappa shape index (κ2) is 6.21. The zero-order valence-electron chi connectivity index (χ0n) is 11.4. The highest BCUT2D eigenvalue weighted by Gasteiger charge is 2.26. The Bertz CT molecular complexity index is 495. The van der Waals surface area contributed by atoms with Gasteiger partial charge in [0.1, 0.15) is 0 Å². The van der Waals surface area contributed by atoms with Gasteiger partial charge in [0.2, 0.25) is 0 Å². The SMILES string of the molecule is Cc1ccsc1CNC(c1cccs1)C1CCCC1. The highest BCUT2D eigenvalue weighted by molar-refractivity contribution is 7.10. The minimum absolute atomic E-state index is 0.559. The molecule has 3 rings (SSSR count). The minimum Gasteiger partial charge on any atom is -0.304 e. The van der Waals surface area contributed by atoms with E-state index in [1.165, 1.54) is 41.0 Å². The van der Waals surface area contributed by atoms with Gasteiger partial charge in [-0.2, -0.15) is 0 Å². The molecule has 0 saturated heterocycles. The maximum Gasteiger partial charge on any atom is 0.0446 e. The Hall–Kier alpha value is -0.640. The Morgan fingerprint density at radius 3 is 2.68 bits per heavy atom. The van der Waals surface area contributed by atoms with Crippen molar-refractivity contribution >= 4 is 22.7 Å². The fourth-order valence-electron chi connectivity index (χ4n) is 3.05. The number of nitrogens with one attached hydrogen (secondary N) is 1. The van der Waals surface area contributed by atoms with Gasteiger partial charge in [-0.1, -0.05) is 18.9 Å². The first-order valence-corrected chi connectivity index (χ1v) is 8.90. The van der Waals surface area contributed by atoms with Crippen LogP contribution < -0.4 is 5.32 Å². The van der Waals surface area contributed by atoms with Crippen molar-refractivity contribution in [2.24, 2.45) is 5.92 Å². The summed E-state index contributed by atoms with van der Waals surface area (Å²) in [4.78, 5) is 3.00. The molecule has 0 bridgehead atoms. The number of hydrogen-bond acceptors (Lipinski definition) is 3. The lowest BCUT2D eigenvalue weighted by Gasteiger charge is -2.23. The summed E-state index contributed by atoms with van der Waals surface area (Å²) in [5.74, 6) is 0.832. The van der Waals surface area contributed by atoms with Gasteiger partial charge in [-0.15, -0.1) is 22.7 Å². The van der Waals surface area contributed by atoms with Crippen molar-refractivity contribution in [1.29, 1.82) is 0 Å². The van der Waals surface area contributed by atoms with Gasteiger partial charge < -0.3 is 5.32 Å². The van der Waals surface area contributed by atoms with Gasteiger partial charge in [-0.3, -0.25) is 0 Å². The number of rotatable bonds is 5. The Kier molecular flexibility index (Phi) is 4.36. The van der Waals surface area contributed by atoms with Gasteiger partial charge in [0, 0.05) is 22.3 Å². The van der Waals surface area contributed by atoms with Gasteiger partial charge in [0.15, 0.2) is 0 Å². The highest BCUT2D eigenvalue weighted by atomic mass is 32.1. The van der Waals surface area contributed by atoms with Crippen molar-refractivity contribution in [1.82, 2.24) is 5.32 Å². The molecule has 3 heteroatoms. The smallest absolute Gasteiger partial charge is 0.0446 e. The highest BCUT2D eigenvalue weighted by Crippen LogP contribution is 2.37. The van der Waals surface area contributed by atoms with Crippen LogP contribution in [0.1, 0.15) is 47.0 Å². The summed E-state index contributed by atoms with van der Waals surface area (Å²) in [5.41, 5.74) is 1.42. The molecule has 1 unspecified atom stereocenters. The monoisotopic (exact) mass is 291 g/mol. The quantitative estimate of drug-likeness (QED) is 0.804. The van der Waals surface area contributed by atoms with Crippen LogP contribution in [-0.4, -0.2) is 0 Å². The second-order valence-electron chi connectivity index (χ2n) is 5.45. The second-order valence-corrected chi connectivity index (χ2v) is 7.43. The largest absolute Gasteiger partial charge is 0.304 e. The first-order chi connectivity index (χ1) is 9.34. The van der Waals surface area contributed by atoms with E-state index in [1.54, 1.807) is 0 Å². The third-order valence-corrected chi connectivity index (χ3v) is 6.15. The average molecular weight is 291 g/mol. The molecular weight excluding hydrogens is 270 g/mol. The standard InChI is InChI=1S/C16H21NS2/c1-12-8-10-19-15(12)11-17-16(13-5-2-3-6-13)14-7-4-9-18-14/h4,7-10,13,16-17H,2-3,5-6,11H2,1H3. The van der Waals surface area contributed by atoms with E-state index in [0.717, 1.165) is 12.5 Å². The molecule has 1 aliphatic carbocycles. The van der Waals surface area contributed by atoms with Crippen LogP contribution in [0.5, 0.6) is 0 Å². The van der Waals surface area contributed by atoms with Gasteiger partial charge in [0.05, 0.1) is 0 Å². The van der Waals surface area contributed by atoms with Crippen molar-refractivity contribution in [2.45, 2.75) is 45.2 Å². The van der Waals surface area contributed by atoms with Crippen LogP contribution >= 0.6 is 22.7 Å². The van der Waals surface area contributed by atoms with Crippen molar-refractivity contribution in [2.75, 3.05) is 0 Å². The van der Waals surface area contributed by atoms with E-state index < -0.39 is 0 Å². The molecule has 2 heterocycles. The first-order valence-electron chi connectivity index (χ1n) is 7.14. The number of thiophene rings is 2. The Morgan fingerprint density at radius 2 is 2.05 bits per heavy atom. The molecule has 1 aliphatic rings. The fraction of sp³-hybridized carbons (Fsp3) is 0.500. The van der Waals surface area contributed by atoms with E-state index in [0.29, 0.717) is 6.04 Å². The van der Waals surface area contributed by atoms with Crippen LogP contribution in [0.4, 0.5) is 0 Å². The van der Waals surface area contributed by atoms with E-state index in [1.807, 2.05) is 22.7 Å². The molecule has 2 aromatic heterocycles. The summed E-state index contributed by atoms with van der Waals surface area (Å²) in [6.07, 6.45) is 5.59. The summed E-state index contributed by atoms with van der Waals surface area (Å²) in [6.45, 7) is 3.23. The molecule has 1 nitrogen and oxygen atoms in total. The molecule has 0 amide bonds. The van der Waals surface area contributed by atoms with Crippen molar-refractivity contribution in [3.05, 3.63) is 44.3 Å². The van der Waals surface area contributed by atoms with Crippen LogP contribution in [0.15, 0.2) is 29.0 Å². The topological polar surface area (TPSA) is 12.0 Å². The van der Waals surface area contributed by atoms with Crippen LogP contribution in [-0.2, 0) is 6.54 Å². The van der Waals surface area contributed by atoms with E-state index in [-0.39, 0.29) is 0 Å². The maximum absolute atomic E-state index is 3.83. The lowest BCUT2D eigenvalue weighted by atomic mass is 9.96. The van der Waals surface area contributed by atoms with Crippen LogP contribution in [0, 0.1) is 12.8 Å². The molecule has 1 saturated carbocycles. The Morgan fingerprint density at radius 1 is 1.21 bits per heavy atom. The molecule has 0 aliphatic heterocycles. The molecule has 19 heavy (non-hydrogen) atoms. The molecular formula is C16H21NS2. The zero-order chi connectivity index (χ0) is 13.1. The fourth-order valence-corrected chi connectivity index (χ4v) is 4.80. The maximum atomic E-state index is 3.83. The van der Waals surface area contributed by atoms with Crippen LogP contribution in [0.25, 0.3) is 0 Å². The molecule has 2 aromatic rings. The third kappa shape index (κ3) is 3.10. The molecule has 102 valence electrons. The average Bonchev–Trinajstić information content (AvgIpc) is 3.13. The predicted octanol–water partition coefficient (Wildman–Crippen LogP) is 5.14. The van der Waals surface area contributed by atoms with Gasteiger partial charge in [0.25, 0.3) is 0 Å². The molecule has 1 fully saturated rings. The minimum atomic E-state index is 0.559. The van der Waals surface area contributed by atoms with E-state index in [4.69, 9.17) is 0 Å². The van der Waals surface area contributed by atoms with E-state index >= 15 is 0 Å². The third-order valence-electron chi connectivity index (χ3n) is 4.17. The van der Waals surface area contributed by atoms with Gasteiger partial charge in [-0.05, 0) is 54.1 Å². The summed E-state index contributed by atoms with van der Waals surface area (Å²) in [5, 5.41) is 8.23. The summed E-state index contributed by atoms with van der Waals surface area (Å²) >= 11 is 3.77. The number of aryl methyl sites for hydroxylation is 1. The Balaban J connectivity index is 1.71. The van der Waals surface area contributed by atoms with Crippen molar-refractivity contribution in [3.8, 4) is 0 Å². The van der Waals surface area contributed by atoms with E-state index in [2.05, 4.69) is 41.2 Å². The van der Waals surface area contributed by atoms with Crippen LogP contribution in [0.2, 0.25) is 0 Å². The normalized spacial score (nSPS) is 17.9. The summed E-state index contributed by atoms with van der Waals surface area (Å²) in [7, 11) is 0. The number of hydrogen-bond donors (Lipinski definition) is 1. The van der Waals surface area contributed by atoms with Crippen molar-refractivity contribution in [3.63, 3.8) is 0 Å². The van der Waals surface area contributed by atoms with Gasteiger partial charge >= 0.3 is 0 Å². The molecule has 0 spiro atoms. The molecule has 0 aromatic carbocycles. The van der Waals surface area contributed by atoms with E-state index in [9.17, 15) is 0 Å². The summed E-state index contributed by atoms with van der Waals surface area (Å²) in [6, 6.07) is 7.25. The zero-order valence-corrected chi connectivity index (χ0v) is 13.0. The van der Waals surface area contributed by atoms with Crippen molar-refractivity contribution < 1.29 is 0 Å². The van der Waals surface area contributed by atoms with Crippen LogP contribution in [0.3, 0.4) is 0 Å². The first kappa shape index (κ1) is 13.3. The molecule has 0 radical (unpaired) electrons. The predicted molar refractivity (Wildman–Crippen MR) is 84.9 cm³/mol. The summed E-state index contributed by atoms with van der Waals surface area (Å²) < 4.78 is 0. The molecule has 1 N–H and O–H groups in total. The Labute approximate surface area is 123 Å². The van der Waals surface area contributed by atoms with Gasteiger partial charge in [-0.25, -0.2) is 0 Å². The molecule has 1 atom stereocenters.